The van der Waals surface area contributed by atoms with Crippen molar-refractivity contribution in [2.24, 2.45) is 0 Å². The minimum absolute atomic E-state index is 0.0698. The number of hydrogen-bond donors (Lipinski definition) is 2. The smallest absolute Gasteiger partial charge is 0.338 e. The van der Waals surface area contributed by atoms with Crippen molar-refractivity contribution in [3.05, 3.63) is 41.1 Å². The van der Waals surface area contributed by atoms with Crippen molar-refractivity contribution in [3.63, 3.8) is 0 Å². The van der Waals surface area contributed by atoms with Crippen LogP contribution in [0.2, 0.25) is 0 Å². The van der Waals surface area contributed by atoms with Crippen molar-refractivity contribution < 1.29 is 33.3 Å². The predicted molar refractivity (Wildman–Crippen MR) is 104 cm³/mol. The minimum atomic E-state index is -0.527. The van der Waals surface area contributed by atoms with Crippen LogP contribution in [0.25, 0.3) is 6.08 Å². The summed E-state index contributed by atoms with van der Waals surface area (Å²) in [7, 11) is 2.78. The van der Waals surface area contributed by atoms with E-state index in [1.807, 2.05) is 0 Å². The van der Waals surface area contributed by atoms with Crippen LogP contribution in [0.4, 0.5) is 4.79 Å². The van der Waals surface area contributed by atoms with Gasteiger partial charge in [0.2, 0.25) is 0 Å². The van der Waals surface area contributed by atoms with E-state index in [0.717, 1.165) is 0 Å². The van der Waals surface area contributed by atoms with Crippen molar-refractivity contribution in [2.45, 2.75) is 19.9 Å². The van der Waals surface area contributed by atoms with Crippen LogP contribution in [0.15, 0.2) is 35.5 Å². The third kappa shape index (κ3) is 5.74. The van der Waals surface area contributed by atoms with Gasteiger partial charge >= 0.3 is 18.0 Å². The monoisotopic (exact) mass is 404 g/mol. The highest BCUT2D eigenvalue weighted by atomic mass is 16.5. The molecule has 0 fully saturated rings. The second-order valence-corrected chi connectivity index (χ2v) is 5.99. The quantitative estimate of drug-likeness (QED) is 0.502. The number of nitrogens with one attached hydrogen (secondary N) is 2. The fraction of sp³-hybridized carbons (Fsp3) is 0.350. The highest BCUT2D eigenvalue weighted by Gasteiger charge is 2.30. The summed E-state index contributed by atoms with van der Waals surface area (Å²) in [4.78, 5) is 35.3. The third-order valence-corrected chi connectivity index (χ3v) is 4.04. The molecule has 9 nitrogen and oxygen atoms in total. The lowest BCUT2D eigenvalue weighted by atomic mass is 10.0. The number of ether oxygens (including phenoxy) is 4. The maximum Gasteiger partial charge on any atom is 0.338 e. The zero-order valence-corrected chi connectivity index (χ0v) is 16.7. The Morgan fingerprint density at radius 1 is 1.21 bits per heavy atom. The first-order valence-corrected chi connectivity index (χ1v) is 8.94. The van der Waals surface area contributed by atoms with Crippen LogP contribution in [0.3, 0.4) is 0 Å². The van der Waals surface area contributed by atoms with Gasteiger partial charge in [0.1, 0.15) is 6.61 Å². The first kappa shape index (κ1) is 21.8. The summed E-state index contributed by atoms with van der Waals surface area (Å²) in [5.41, 5.74) is 1.31. The van der Waals surface area contributed by atoms with Gasteiger partial charge in [-0.3, -0.25) is 0 Å². The van der Waals surface area contributed by atoms with Gasteiger partial charge in [-0.05, 0) is 37.6 Å². The Morgan fingerprint density at radius 2 is 1.97 bits per heavy atom. The van der Waals surface area contributed by atoms with E-state index in [4.69, 9.17) is 14.2 Å². The second kappa shape index (κ2) is 10.2. The Bertz CT molecular complexity index is 845. The van der Waals surface area contributed by atoms with E-state index in [1.54, 1.807) is 38.1 Å². The fourth-order valence-corrected chi connectivity index (χ4v) is 2.68. The minimum Gasteiger partial charge on any atom is -0.493 e. The largest absolute Gasteiger partial charge is 0.493 e. The second-order valence-electron chi connectivity index (χ2n) is 5.99. The molecule has 29 heavy (non-hydrogen) atoms. The molecule has 2 N–H and O–H groups in total. The van der Waals surface area contributed by atoms with Gasteiger partial charge in [-0.15, -0.1) is 0 Å². The van der Waals surface area contributed by atoms with Gasteiger partial charge in [-0.2, -0.15) is 0 Å². The van der Waals surface area contributed by atoms with Crippen molar-refractivity contribution in [2.75, 3.05) is 27.4 Å². The molecule has 9 heteroatoms. The van der Waals surface area contributed by atoms with Crippen LogP contribution in [0.1, 0.15) is 19.4 Å². The molecule has 2 amide bonds. The number of carbonyl (C=O) groups excluding carboxylic acids is 3. The fourth-order valence-electron chi connectivity index (χ4n) is 2.68. The molecule has 2 rings (SSSR count). The molecule has 0 bridgehead atoms. The molecule has 0 spiro atoms. The first-order chi connectivity index (χ1) is 13.9. The normalized spacial score (nSPS) is 16.1. The summed E-state index contributed by atoms with van der Waals surface area (Å²) in [5.74, 6) is -0.178. The van der Waals surface area contributed by atoms with Crippen LogP contribution in [-0.4, -0.2) is 51.4 Å². The number of methoxy groups -OCH3 is 2. The number of amides is 2. The van der Waals surface area contributed by atoms with Gasteiger partial charge in [0.15, 0.2) is 11.5 Å². The lowest BCUT2D eigenvalue weighted by molar-refractivity contribution is -0.139. The van der Waals surface area contributed by atoms with Crippen LogP contribution in [0.5, 0.6) is 11.5 Å². The molecule has 1 atom stereocenters. The Labute approximate surface area is 168 Å². The van der Waals surface area contributed by atoms with E-state index in [-0.39, 0.29) is 13.2 Å². The molecular formula is C20H24N2O7. The standard InChI is InChI=1S/C20H24N2O7/c1-5-28-19(24)18-12(2)21-20(25)22-14(18)11-29-15-8-6-13(10-16(15)26-3)7-9-17(23)27-4/h6-10,12H,5,11H2,1-4H3,(H2,21,22,25)/b9-7+. The summed E-state index contributed by atoms with van der Waals surface area (Å²) in [6.45, 7) is 3.54. The van der Waals surface area contributed by atoms with Crippen LogP contribution in [-0.2, 0) is 19.1 Å². The van der Waals surface area contributed by atoms with Crippen LogP contribution in [0, 0.1) is 0 Å². The first-order valence-electron chi connectivity index (χ1n) is 8.94. The Balaban J connectivity index is 2.22. The maximum absolute atomic E-state index is 12.3. The Hall–Kier alpha value is -3.49. The van der Waals surface area contributed by atoms with E-state index in [2.05, 4.69) is 15.4 Å². The lowest BCUT2D eigenvalue weighted by Crippen LogP contribution is -2.50. The third-order valence-electron chi connectivity index (χ3n) is 4.04. The Morgan fingerprint density at radius 3 is 2.62 bits per heavy atom. The van der Waals surface area contributed by atoms with Crippen LogP contribution < -0.4 is 20.1 Å². The molecule has 0 saturated carbocycles. The summed E-state index contributed by atoms with van der Waals surface area (Å²) in [6.07, 6.45) is 2.87. The van der Waals surface area contributed by atoms with E-state index in [9.17, 15) is 14.4 Å². The number of benzene rings is 1. The molecule has 1 aromatic carbocycles. The summed E-state index contributed by atoms with van der Waals surface area (Å²) >= 11 is 0. The van der Waals surface area contributed by atoms with E-state index < -0.39 is 24.0 Å². The number of esters is 2. The van der Waals surface area contributed by atoms with Crippen molar-refractivity contribution in [1.82, 2.24) is 10.6 Å². The lowest BCUT2D eigenvalue weighted by Gasteiger charge is -2.26. The van der Waals surface area contributed by atoms with Gasteiger partial charge in [0.05, 0.1) is 38.1 Å². The van der Waals surface area contributed by atoms with Crippen molar-refractivity contribution in [1.29, 1.82) is 0 Å². The summed E-state index contributed by atoms with van der Waals surface area (Å²) < 4.78 is 20.7. The van der Waals surface area contributed by atoms with Crippen molar-refractivity contribution >= 4 is 24.0 Å². The topological polar surface area (TPSA) is 112 Å². The molecular weight excluding hydrogens is 380 g/mol. The molecule has 0 radical (unpaired) electrons. The number of hydrogen-bond acceptors (Lipinski definition) is 7. The maximum atomic E-state index is 12.3. The SMILES string of the molecule is CCOC(=O)C1=C(COc2ccc(/C=C/C(=O)OC)cc2OC)NC(=O)NC1C. The molecule has 1 unspecified atom stereocenters. The van der Waals surface area contributed by atoms with Gasteiger partial charge in [0.25, 0.3) is 0 Å². The van der Waals surface area contributed by atoms with Crippen LogP contribution >= 0.6 is 0 Å². The van der Waals surface area contributed by atoms with E-state index >= 15 is 0 Å². The molecule has 0 saturated heterocycles. The van der Waals surface area contributed by atoms with Gasteiger partial charge in [0, 0.05) is 6.08 Å². The van der Waals surface area contributed by atoms with Crippen molar-refractivity contribution in [3.8, 4) is 11.5 Å². The molecule has 1 aromatic rings. The van der Waals surface area contributed by atoms with E-state index in [1.165, 1.54) is 20.3 Å². The summed E-state index contributed by atoms with van der Waals surface area (Å²) in [5, 5.41) is 5.22. The molecule has 1 aliphatic heterocycles. The average molecular weight is 404 g/mol. The number of urea groups is 1. The average Bonchev–Trinajstić information content (AvgIpc) is 2.70. The molecule has 0 aliphatic carbocycles. The molecule has 1 aliphatic rings. The molecule has 156 valence electrons. The van der Waals surface area contributed by atoms with Gasteiger partial charge in [-0.1, -0.05) is 6.07 Å². The summed E-state index contributed by atoms with van der Waals surface area (Å²) in [6, 6.07) is 4.11. The molecule has 0 aromatic heterocycles. The Kier molecular flexibility index (Phi) is 7.64. The van der Waals surface area contributed by atoms with Gasteiger partial charge in [-0.25, -0.2) is 14.4 Å². The zero-order chi connectivity index (χ0) is 21.4. The zero-order valence-electron chi connectivity index (χ0n) is 16.7. The number of rotatable bonds is 8. The van der Waals surface area contributed by atoms with Gasteiger partial charge < -0.3 is 29.6 Å². The molecule has 1 heterocycles. The number of carbonyl (C=O) groups is 3. The predicted octanol–water partition coefficient (Wildman–Crippen LogP) is 1.78. The highest BCUT2D eigenvalue weighted by Crippen LogP contribution is 2.29. The highest BCUT2D eigenvalue weighted by molar-refractivity contribution is 5.94. The van der Waals surface area contributed by atoms with E-state index in [0.29, 0.717) is 28.3 Å².